The lowest BCUT2D eigenvalue weighted by Gasteiger charge is -2.34. The third kappa shape index (κ3) is 5.55. The molecule has 1 saturated carbocycles. The number of nitrogens with zero attached hydrogens (tertiary/aromatic N) is 7. The lowest BCUT2D eigenvalue weighted by Crippen LogP contribution is -2.44. The van der Waals surface area contributed by atoms with Crippen LogP contribution in [0.15, 0.2) is 36.9 Å². The predicted molar refractivity (Wildman–Crippen MR) is 145 cm³/mol. The van der Waals surface area contributed by atoms with Crippen LogP contribution in [0.4, 0.5) is 41.1 Å². The Hall–Kier alpha value is -3.87. The number of alkyl halides is 3. The van der Waals surface area contributed by atoms with Gasteiger partial charge in [0, 0.05) is 56.8 Å². The van der Waals surface area contributed by atoms with E-state index in [-0.39, 0.29) is 24.3 Å². The number of anilines is 4. The summed E-state index contributed by atoms with van der Waals surface area (Å²) in [4.78, 5) is 30.9. The highest BCUT2D eigenvalue weighted by molar-refractivity contribution is 5.80. The van der Waals surface area contributed by atoms with E-state index in [1.807, 2.05) is 6.07 Å². The van der Waals surface area contributed by atoms with Crippen molar-refractivity contribution in [1.29, 1.82) is 0 Å². The van der Waals surface area contributed by atoms with Gasteiger partial charge in [0.25, 0.3) is 0 Å². The summed E-state index contributed by atoms with van der Waals surface area (Å²) in [7, 11) is 2.12. The number of hydrogen-bond donors (Lipinski definition) is 2. The minimum absolute atomic E-state index is 0.103. The lowest BCUT2D eigenvalue weighted by atomic mass is 10.1. The quantitative estimate of drug-likeness (QED) is 0.377. The van der Waals surface area contributed by atoms with Gasteiger partial charge in [-0.1, -0.05) is 0 Å². The summed E-state index contributed by atoms with van der Waals surface area (Å²) in [6, 6.07) is 6.05. The van der Waals surface area contributed by atoms with Gasteiger partial charge in [-0.2, -0.15) is 18.2 Å². The number of amides is 1. The van der Waals surface area contributed by atoms with Gasteiger partial charge in [0.05, 0.1) is 18.4 Å². The normalized spacial score (nSPS) is 17.9. The van der Waals surface area contributed by atoms with Gasteiger partial charge in [-0.3, -0.25) is 4.57 Å². The highest BCUT2D eigenvalue weighted by Gasteiger charge is 2.35. The summed E-state index contributed by atoms with van der Waals surface area (Å²) in [5, 5.41) is 6.01. The van der Waals surface area contributed by atoms with Crippen LogP contribution in [-0.4, -0.2) is 81.7 Å². The van der Waals surface area contributed by atoms with E-state index in [0.29, 0.717) is 25.4 Å². The molecule has 1 saturated heterocycles. The second-order valence-corrected chi connectivity index (χ2v) is 10.7. The van der Waals surface area contributed by atoms with Crippen molar-refractivity contribution in [3.63, 3.8) is 0 Å². The van der Waals surface area contributed by atoms with Crippen LogP contribution in [0.5, 0.6) is 0 Å². The van der Waals surface area contributed by atoms with Crippen LogP contribution in [0.1, 0.15) is 42.0 Å². The lowest BCUT2D eigenvalue weighted by molar-refractivity contribution is -0.137. The number of piperazine rings is 1. The molecule has 3 aliphatic rings. The molecule has 212 valence electrons. The smallest absolute Gasteiger partial charge is 0.369 e. The van der Waals surface area contributed by atoms with Gasteiger partial charge in [-0.05, 0) is 56.0 Å². The zero-order valence-electron chi connectivity index (χ0n) is 22.3. The summed E-state index contributed by atoms with van der Waals surface area (Å²) in [6.07, 6.45) is 1.94. The second-order valence-electron chi connectivity index (χ2n) is 10.7. The van der Waals surface area contributed by atoms with Crippen LogP contribution in [0.25, 0.3) is 0 Å². The minimum Gasteiger partial charge on any atom is -0.369 e. The number of likely N-dealkylation sites (N-methyl/N-ethyl adjacent to an activating group) is 1. The third-order valence-electron chi connectivity index (χ3n) is 7.70. The molecule has 13 heteroatoms. The first-order chi connectivity index (χ1) is 19.3. The fraction of sp³-hybridized carbons (Fsp3) is 0.481. The number of nitrogens with one attached hydrogen (secondary N) is 2. The molecular weight excluding hydrogens is 523 g/mol. The van der Waals surface area contributed by atoms with Crippen LogP contribution < -0.4 is 15.5 Å². The van der Waals surface area contributed by atoms with Crippen molar-refractivity contribution >= 4 is 29.2 Å². The van der Waals surface area contributed by atoms with Crippen molar-refractivity contribution in [2.75, 3.05) is 61.8 Å². The van der Waals surface area contributed by atoms with Gasteiger partial charge in [-0.15, -0.1) is 0 Å². The molecule has 0 radical (unpaired) electrons. The summed E-state index contributed by atoms with van der Waals surface area (Å²) >= 11 is 0. The number of carbonyl (C=O) groups excluding carboxylic acids is 1. The van der Waals surface area contributed by atoms with Gasteiger partial charge in [-0.25, -0.2) is 14.8 Å². The van der Waals surface area contributed by atoms with Gasteiger partial charge in [0.2, 0.25) is 5.95 Å². The highest BCUT2D eigenvalue weighted by Crippen LogP contribution is 2.45. The Morgan fingerprint density at radius 3 is 2.62 bits per heavy atom. The summed E-state index contributed by atoms with van der Waals surface area (Å²) in [5.74, 6) is 0.245. The molecule has 6 rings (SSSR count). The Bertz CT molecular complexity index is 1380. The molecule has 0 atom stereocenters. The molecule has 3 aromatic rings. The van der Waals surface area contributed by atoms with Crippen molar-refractivity contribution in [3.8, 4) is 0 Å². The Balaban J connectivity index is 1.14. The maximum atomic E-state index is 13.7. The first-order valence-corrected chi connectivity index (χ1v) is 13.6. The molecule has 2 aromatic heterocycles. The van der Waals surface area contributed by atoms with E-state index in [1.54, 1.807) is 11.1 Å². The minimum atomic E-state index is -4.61. The van der Waals surface area contributed by atoms with E-state index in [1.165, 1.54) is 10.9 Å². The van der Waals surface area contributed by atoms with Crippen LogP contribution in [-0.2, 0) is 12.7 Å². The fourth-order valence-electron chi connectivity index (χ4n) is 5.24. The number of aromatic nitrogens is 4. The topological polar surface area (TPSA) is 94.5 Å². The molecule has 2 aliphatic heterocycles. The third-order valence-corrected chi connectivity index (χ3v) is 7.70. The largest absolute Gasteiger partial charge is 0.421 e. The van der Waals surface area contributed by atoms with E-state index in [0.717, 1.165) is 67.8 Å². The standard InChI is InChI=1S/C27H32F3N9O/c1-36-9-11-37(12-10-36)19-5-6-23(21(13-19)18-3-4-18)34-25-33-15-22(27(28,29)30)24(35-25)32-7-2-8-38-16-20-14-31-17-39(20)26(38)40/h5-6,13-15,17-18H,2-4,7-12,16H2,1H3,(H2,32,33,34,35). The molecule has 0 bridgehead atoms. The molecular formula is C27H32F3N9O. The van der Waals surface area contributed by atoms with Gasteiger partial charge < -0.3 is 25.3 Å². The van der Waals surface area contributed by atoms with Gasteiger partial charge >= 0.3 is 12.2 Å². The van der Waals surface area contributed by atoms with E-state index in [2.05, 4.69) is 54.6 Å². The molecule has 40 heavy (non-hydrogen) atoms. The first-order valence-electron chi connectivity index (χ1n) is 13.6. The number of fused-ring (bicyclic) bond motifs is 1. The molecule has 1 amide bonds. The average molecular weight is 556 g/mol. The van der Waals surface area contributed by atoms with E-state index in [4.69, 9.17) is 0 Å². The van der Waals surface area contributed by atoms with Gasteiger partial charge in [0.1, 0.15) is 17.7 Å². The van der Waals surface area contributed by atoms with Crippen molar-refractivity contribution < 1.29 is 18.0 Å². The summed E-state index contributed by atoms with van der Waals surface area (Å²) in [5.41, 5.74) is 3.00. The molecule has 1 aliphatic carbocycles. The molecule has 4 heterocycles. The first kappa shape index (κ1) is 26.4. The molecule has 2 N–H and O–H groups in total. The number of hydrogen-bond acceptors (Lipinski definition) is 8. The van der Waals surface area contributed by atoms with Crippen molar-refractivity contribution in [1.82, 2.24) is 29.3 Å². The number of carbonyl (C=O) groups is 1. The molecule has 1 aromatic carbocycles. The Morgan fingerprint density at radius 2 is 1.90 bits per heavy atom. The number of halogens is 3. The molecule has 10 nitrogen and oxygen atoms in total. The average Bonchev–Trinajstić information content (AvgIpc) is 3.60. The maximum absolute atomic E-state index is 13.7. The van der Waals surface area contributed by atoms with Gasteiger partial charge in [0.15, 0.2) is 0 Å². The van der Waals surface area contributed by atoms with Crippen LogP contribution in [0, 0.1) is 0 Å². The zero-order chi connectivity index (χ0) is 27.9. The van der Waals surface area contributed by atoms with Crippen molar-refractivity contribution in [2.45, 2.75) is 37.9 Å². The molecule has 2 fully saturated rings. The van der Waals surface area contributed by atoms with Crippen LogP contribution >= 0.6 is 0 Å². The molecule has 0 unspecified atom stereocenters. The van der Waals surface area contributed by atoms with E-state index >= 15 is 0 Å². The second kappa shape index (κ2) is 10.6. The van der Waals surface area contributed by atoms with E-state index < -0.39 is 11.7 Å². The number of imidazole rings is 1. The SMILES string of the molecule is CN1CCN(c2ccc(Nc3ncc(C(F)(F)F)c(NCCCN4Cc5cncn5C4=O)n3)c(C3CC3)c2)CC1. The summed E-state index contributed by atoms with van der Waals surface area (Å²) < 4.78 is 42.7. The predicted octanol–water partition coefficient (Wildman–Crippen LogP) is 4.35. The summed E-state index contributed by atoms with van der Waals surface area (Å²) in [6.45, 7) is 4.98. The van der Waals surface area contributed by atoms with E-state index in [9.17, 15) is 18.0 Å². The Morgan fingerprint density at radius 1 is 1.10 bits per heavy atom. The van der Waals surface area contributed by atoms with Crippen LogP contribution in [0.2, 0.25) is 0 Å². The zero-order valence-corrected chi connectivity index (χ0v) is 22.3. The monoisotopic (exact) mass is 555 g/mol. The molecule has 0 spiro atoms. The fourth-order valence-corrected chi connectivity index (χ4v) is 5.24. The van der Waals surface area contributed by atoms with Crippen LogP contribution in [0.3, 0.4) is 0 Å². The van der Waals surface area contributed by atoms with Crippen molar-refractivity contribution in [2.24, 2.45) is 0 Å². The van der Waals surface area contributed by atoms with Crippen molar-refractivity contribution in [3.05, 3.63) is 53.7 Å². The number of benzene rings is 1. The Kier molecular flexibility index (Phi) is 6.99. The number of rotatable bonds is 9. The maximum Gasteiger partial charge on any atom is 0.421 e. The Labute approximate surface area is 230 Å². The highest BCUT2D eigenvalue weighted by atomic mass is 19.4.